The van der Waals surface area contributed by atoms with Gasteiger partial charge in [0.25, 0.3) is 0 Å². The molecule has 3 N–H and O–H groups in total. The Balaban J connectivity index is 2.65. The number of hydrogen-bond acceptors (Lipinski definition) is 3. The van der Waals surface area contributed by atoms with Gasteiger partial charge in [-0.15, -0.1) is 0 Å². The average molecular weight is 170 g/mol. The van der Waals surface area contributed by atoms with Crippen LogP contribution in [0.15, 0.2) is 15.4 Å². The van der Waals surface area contributed by atoms with Crippen LogP contribution in [0.25, 0.3) is 0 Å². The number of H-pyrrole nitrogens is 1. The molecule has 0 radical (unpaired) electrons. The Morgan fingerprint density at radius 3 is 2.75 bits per heavy atom. The molecule has 0 aliphatic carbocycles. The van der Waals surface area contributed by atoms with Crippen LogP contribution < -0.4 is 11.4 Å². The second-order valence-electron chi connectivity index (χ2n) is 3.36. The maximum atomic E-state index is 10.6. The van der Waals surface area contributed by atoms with Crippen LogP contribution in [0.2, 0.25) is 0 Å². The second-order valence-corrected chi connectivity index (χ2v) is 3.36. The molecule has 0 fully saturated rings. The summed E-state index contributed by atoms with van der Waals surface area (Å²) in [4.78, 5) is 10.6. The smallest absolute Gasteiger partial charge is 0.339 e. The minimum Gasteiger partial charge on any atom is -0.339 e. The van der Waals surface area contributed by atoms with Crippen LogP contribution in [0, 0.1) is 5.92 Å². The van der Waals surface area contributed by atoms with Crippen LogP contribution in [-0.2, 0) is 0 Å². The topological polar surface area (TPSA) is 72.0 Å². The Morgan fingerprint density at radius 2 is 2.33 bits per heavy atom. The first-order valence-electron chi connectivity index (χ1n) is 4.03. The molecule has 0 unspecified atom stereocenters. The molecule has 0 aromatic carbocycles. The van der Waals surface area contributed by atoms with Gasteiger partial charge in [-0.2, -0.15) is 0 Å². The van der Waals surface area contributed by atoms with Gasteiger partial charge in [0.05, 0.1) is 5.69 Å². The summed E-state index contributed by atoms with van der Waals surface area (Å²) < 4.78 is 4.51. The van der Waals surface area contributed by atoms with E-state index in [1.165, 1.54) is 6.07 Å². The molecule has 0 amide bonds. The maximum absolute atomic E-state index is 10.6. The lowest BCUT2D eigenvalue weighted by Gasteiger charge is -2.10. The van der Waals surface area contributed by atoms with Crippen molar-refractivity contribution in [1.82, 2.24) is 5.16 Å². The average Bonchev–Trinajstić information content (AvgIpc) is 2.34. The van der Waals surface area contributed by atoms with Crippen LogP contribution in [-0.4, -0.2) is 5.16 Å². The molecular weight excluding hydrogens is 156 g/mol. The second kappa shape index (κ2) is 3.58. The molecule has 0 spiro atoms. The standard InChI is InChI=1S/C8H14N2O2/c1-5(2)3-6(9)7-4-8(11)12-10-7/h4-6,10H,3,9H2,1-2H3/t6-/m1/s1. The molecule has 4 heteroatoms. The number of rotatable bonds is 3. The van der Waals surface area contributed by atoms with Crippen molar-refractivity contribution in [2.24, 2.45) is 11.7 Å². The zero-order valence-corrected chi connectivity index (χ0v) is 7.33. The molecule has 0 saturated carbocycles. The summed E-state index contributed by atoms with van der Waals surface area (Å²) in [6, 6.07) is 1.27. The van der Waals surface area contributed by atoms with Crippen molar-refractivity contribution in [2.45, 2.75) is 26.3 Å². The summed E-state index contributed by atoms with van der Waals surface area (Å²) in [6.07, 6.45) is 0.843. The normalized spacial score (nSPS) is 13.7. The summed E-state index contributed by atoms with van der Waals surface area (Å²) in [5.41, 5.74) is 6.08. The maximum Gasteiger partial charge on any atom is 0.357 e. The minimum atomic E-state index is -0.371. The molecule has 1 heterocycles. The van der Waals surface area contributed by atoms with Crippen molar-refractivity contribution < 1.29 is 4.52 Å². The first-order valence-corrected chi connectivity index (χ1v) is 4.03. The highest BCUT2D eigenvalue weighted by Crippen LogP contribution is 2.14. The lowest BCUT2D eigenvalue weighted by molar-refractivity contribution is 0.374. The van der Waals surface area contributed by atoms with Gasteiger partial charge in [-0.05, 0) is 12.3 Å². The van der Waals surface area contributed by atoms with Crippen molar-refractivity contribution in [1.29, 1.82) is 0 Å². The Bertz CT molecular complexity index is 287. The van der Waals surface area contributed by atoms with Crippen LogP contribution >= 0.6 is 0 Å². The first-order chi connectivity index (χ1) is 5.59. The third kappa shape index (κ3) is 2.23. The number of nitrogens with two attached hydrogens (primary N) is 1. The lowest BCUT2D eigenvalue weighted by atomic mass is 10.0. The molecule has 1 aromatic rings. The fourth-order valence-corrected chi connectivity index (χ4v) is 1.11. The fourth-order valence-electron chi connectivity index (χ4n) is 1.11. The molecule has 4 nitrogen and oxygen atoms in total. The van der Waals surface area contributed by atoms with Gasteiger partial charge < -0.3 is 10.3 Å². The van der Waals surface area contributed by atoms with Gasteiger partial charge in [0.1, 0.15) is 0 Å². The largest absolute Gasteiger partial charge is 0.357 e. The molecule has 1 aromatic heterocycles. The number of nitrogens with one attached hydrogen (secondary N) is 1. The van der Waals surface area contributed by atoms with E-state index in [4.69, 9.17) is 5.73 Å². The van der Waals surface area contributed by atoms with Crippen molar-refractivity contribution >= 4 is 0 Å². The molecule has 0 aliphatic rings. The first kappa shape index (κ1) is 9.06. The van der Waals surface area contributed by atoms with E-state index in [0.717, 1.165) is 6.42 Å². The van der Waals surface area contributed by atoms with Gasteiger partial charge in [0, 0.05) is 12.1 Å². The Morgan fingerprint density at radius 1 is 1.67 bits per heavy atom. The number of aromatic nitrogens is 1. The highest BCUT2D eigenvalue weighted by Gasteiger charge is 2.10. The van der Waals surface area contributed by atoms with E-state index >= 15 is 0 Å². The van der Waals surface area contributed by atoms with Gasteiger partial charge in [0.2, 0.25) is 0 Å². The highest BCUT2D eigenvalue weighted by atomic mass is 16.5. The summed E-state index contributed by atoms with van der Waals surface area (Å²) in [7, 11) is 0. The van der Waals surface area contributed by atoms with Gasteiger partial charge in [-0.3, -0.25) is 0 Å². The summed E-state index contributed by atoms with van der Waals surface area (Å²) in [5, 5.41) is 2.50. The van der Waals surface area contributed by atoms with Crippen molar-refractivity contribution in [3.8, 4) is 0 Å². The molecule has 1 rings (SSSR count). The molecule has 68 valence electrons. The number of hydrogen-bond donors (Lipinski definition) is 2. The van der Waals surface area contributed by atoms with E-state index in [2.05, 4.69) is 23.5 Å². The van der Waals surface area contributed by atoms with Crippen LogP contribution in [0.4, 0.5) is 0 Å². The Labute approximate surface area is 70.7 Å². The molecule has 0 saturated heterocycles. The Hall–Kier alpha value is -1.03. The predicted octanol–water partition coefficient (Wildman–Crippen LogP) is 1.01. The van der Waals surface area contributed by atoms with E-state index in [1.807, 2.05) is 0 Å². The monoisotopic (exact) mass is 170 g/mol. The predicted molar refractivity (Wildman–Crippen MR) is 45.7 cm³/mol. The molecular formula is C8H14N2O2. The van der Waals surface area contributed by atoms with Gasteiger partial charge in [0.15, 0.2) is 0 Å². The van der Waals surface area contributed by atoms with Crippen LogP contribution in [0.1, 0.15) is 32.0 Å². The zero-order valence-electron chi connectivity index (χ0n) is 7.33. The molecule has 0 bridgehead atoms. The van der Waals surface area contributed by atoms with E-state index in [-0.39, 0.29) is 11.7 Å². The summed E-state index contributed by atoms with van der Waals surface area (Å²) in [5.74, 6) is 0.512. The van der Waals surface area contributed by atoms with Crippen LogP contribution in [0.5, 0.6) is 0 Å². The summed E-state index contributed by atoms with van der Waals surface area (Å²) >= 11 is 0. The van der Waals surface area contributed by atoms with E-state index in [0.29, 0.717) is 11.6 Å². The van der Waals surface area contributed by atoms with Gasteiger partial charge in [-0.25, -0.2) is 9.95 Å². The van der Waals surface area contributed by atoms with E-state index < -0.39 is 0 Å². The third-order valence-electron chi connectivity index (χ3n) is 1.67. The van der Waals surface area contributed by atoms with Crippen molar-refractivity contribution in [3.05, 3.63) is 22.2 Å². The van der Waals surface area contributed by atoms with E-state index in [9.17, 15) is 4.79 Å². The van der Waals surface area contributed by atoms with Gasteiger partial charge >= 0.3 is 5.63 Å². The lowest BCUT2D eigenvalue weighted by Crippen LogP contribution is -2.13. The van der Waals surface area contributed by atoms with Crippen molar-refractivity contribution in [3.63, 3.8) is 0 Å². The SMILES string of the molecule is CC(C)C[C@@H](N)c1cc(=O)o[nH]1. The zero-order chi connectivity index (χ0) is 9.14. The molecule has 0 aliphatic heterocycles. The highest BCUT2D eigenvalue weighted by molar-refractivity contribution is 5.01. The third-order valence-corrected chi connectivity index (χ3v) is 1.67. The number of aromatic amines is 1. The van der Waals surface area contributed by atoms with E-state index in [1.54, 1.807) is 0 Å². The van der Waals surface area contributed by atoms with Gasteiger partial charge in [-0.1, -0.05) is 13.8 Å². The quantitative estimate of drug-likeness (QED) is 0.711. The molecule has 12 heavy (non-hydrogen) atoms. The molecule has 1 atom stereocenters. The van der Waals surface area contributed by atoms with Crippen molar-refractivity contribution in [2.75, 3.05) is 0 Å². The Kier molecular flexibility index (Phi) is 2.70. The van der Waals surface area contributed by atoms with Crippen LogP contribution in [0.3, 0.4) is 0 Å². The fraction of sp³-hybridized carbons (Fsp3) is 0.625. The summed E-state index contributed by atoms with van der Waals surface area (Å²) in [6.45, 7) is 4.16. The minimum absolute atomic E-state index is 0.128.